The van der Waals surface area contributed by atoms with Crippen LogP contribution in [0.3, 0.4) is 0 Å². The average molecular weight is 197 g/mol. The summed E-state index contributed by atoms with van der Waals surface area (Å²) in [5.74, 6) is 0. The van der Waals surface area contributed by atoms with Crippen molar-refractivity contribution in [3.8, 4) is 0 Å². The summed E-state index contributed by atoms with van der Waals surface area (Å²) < 4.78 is 11.1. The molecule has 3 heteroatoms. The first kappa shape index (κ1) is 10.3. The molecule has 1 aromatic carbocycles. The minimum Gasteiger partial charge on any atom is -0.383 e. The second-order valence-corrected chi connectivity index (χ2v) is 4.66. The second-order valence-electron chi connectivity index (χ2n) is 3.28. The van der Waals surface area contributed by atoms with Crippen LogP contribution in [0.25, 0.3) is 0 Å². The maximum Gasteiger partial charge on any atom is 0.0498 e. The predicted octanol–water partition coefficient (Wildman–Crippen LogP) is 2.24. The van der Waals surface area contributed by atoms with E-state index in [1.165, 1.54) is 0 Å². The van der Waals surface area contributed by atoms with E-state index in [1.54, 1.807) is 6.26 Å². The van der Waals surface area contributed by atoms with Gasteiger partial charge in [-0.1, -0.05) is 0 Å². The van der Waals surface area contributed by atoms with E-state index in [9.17, 15) is 4.21 Å². The van der Waals surface area contributed by atoms with E-state index in [0.29, 0.717) is 6.04 Å². The van der Waals surface area contributed by atoms with Crippen molar-refractivity contribution < 1.29 is 4.21 Å². The molecule has 0 amide bonds. The molecule has 0 heterocycles. The molecule has 0 bridgehead atoms. The van der Waals surface area contributed by atoms with Gasteiger partial charge in [0.1, 0.15) is 0 Å². The minimum atomic E-state index is -0.878. The normalized spacial score (nSPS) is 12.9. The Morgan fingerprint density at radius 2 is 1.77 bits per heavy atom. The number of benzene rings is 1. The van der Waals surface area contributed by atoms with Gasteiger partial charge in [-0.05, 0) is 38.1 Å². The van der Waals surface area contributed by atoms with E-state index < -0.39 is 10.8 Å². The summed E-state index contributed by atoms with van der Waals surface area (Å²) in [5.41, 5.74) is 1.07. The Morgan fingerprint density at radius 1 is 1.23 bits per heavy atom. The van der Waals surface area contributed by atoms with Crippen molar-refractivity contribution in [2.24, 2.45) is 0 Å². The van der Waals surface area contributed by atoms with Gasteiger partial charge in [0, 0.05) is 33.7 Å². The van der Waals surface area contributed by atoms with Crippen LogP contribution in [0.2, 0.25) is 0 Å². The van der Waals surface area contributed by atoms with Crippen LogP contribution >= 0.6 is 0 Å². The highest BCUT2D eigenvalue weighted by Gasteiger charge is 1.98. The monoisotopic (exact) mass is 197 g/mol. The van der Waals surface area contributed by atoms with Crippen molar-refractivity contribution in [1.82, 2.24) is 0 Å². The third-order valence-electron chi connectivity index (χ3n) is 1.64. The first-order valence-corrected chi connectivity index (χ1v) is 5.85. The van der Waals surface area contributed by atoms with Crippen molar-refractivity contribution in [2.75, 3.05) is 11.6 Å². The molecule has 0 aliphatic carbocycles. The fourth-order valence-electron chi connectivity index (χ4n) is 1.08. The third-order valence-corrected chi connectivity index (χ3v) is 2.58. The lowest BCUT2D eigenvalue weighted by atomic mass is 10.3. The minimum absolute atomic E-state index is 0.429. The maximum absolute atomic E-state index is 11.1. The van der Waals surface area contributed by atoms with Crippen molar-refractivity contribution in [1.29, 1.82) is 0 Å². The third kappa shape index (κ3) is 3.19. The van der Waals surface area contributed by atoms with E-state index in [-0.39, 0.29) is 0 Å². The van der Waals surface area contributed by atoms with Crippen LogP contribution in [0.15, 0.2) is 29.2 Å². The smallest absolute Gasteiger partial charge is 0.0498 e. The molecule has 0 saturated heterocycles. The Kier molecular flexibility index (Phi) is 3.48. The number of rotatable bonds is 3. The molecule has 0 aliphatic heterocycles. The van der Waals surface area contributed by atoms with Crippen LogP contribution < -0.4 is 5.32 Å². The molecule has 1 unspecified atom stereocenters. The molecule has 13 heavy (non-hydrogen) atoms. The van der Waals surface area contributed by atoms with Gasteiger partial charge in [0.2, 0.25) is 0 Å². The number of hydrogen-bond donors (Lipinski definition) is 1. The van der Waals surface area contributed by atoms with Gasteiger partial charge >= 0.3 is 0 Å². The standard InChI is InChI=1S/C10H15NOS/c1-8(2)11-9-4-6-10(7-5-9)13(3)12/h4-8,11H,1-3H3. The quantitative estimate of drug-likeness (QED) is 0.805. The van der Waals surface area contributed by atoms with E-state index in [4.69, 9.17) is 0 Å². The van der Waals surface area contributed by atoms with Gasteiger partial charge < -0.3 is 5.32 Å². The molecule has 2 nitrogen and oxygen atoms in total. The highest BCUT2D eigenvalue weighted by Crippen LogP contribution is 2.12. The first-order chi connectivity index (χ1) is 6.09. The summed E-state index contributed by atoms with van der Waals surface area (Å²) in [5, 5.41) is 3.27. The lowest BCUT2D eigenvalue weighted by molar-refractivity contribution is 0.687. The second kappa shape index (κ2) is 4.42. The zero-order chi connectivity index (χ0) is 9.84. The van der Waals surface area contributed by atoms with Crippen LogP contribution in [0.1, 0.15) is 13.8 Å². The molecule has 0 aliphatic rings. The summed E-state index contributed by atoms with van der Waals surface area (Å²) in [6.07, 6.45) is 1.69. The van der Waals surface area contributed by atoms with E-state index in [2.05, 4.69) is 19.2 Å². The van der Waals surface area contributed by atoms with Crippen molar-refractivity contribution in [3.05, 3.63) is 24.3 Å². The molecule has 1 rings (SSSR count). The molecule has 0 aromatic heterocycles. The number of nitrogens with one attached hydrogen (secondary N) is 1. The molecule has 0 fully saturated rings. The summed E-state index contributed by atoms with van der Waals surface area (Å²) in [7, 11) is -0.878. The molecule has 1 N–H and O–H groups in total. The SMILES string of the molecule is CC(C)Nc1ccc(S(C)=O)cc1. The van der Waals surface area contributed by atoms with Crippen LogP contribution in [-0.2, 0) is 10.8 Å². The first-order valence-electron chi connectivity index (χ1n) is 4.29. The Labute approximate surface area is 81.8 Å². The number of anilines is 1. The van der Waals surface area contributed by atoms with E-state index >= 15 is 0 Å². The lowest BCUT2D eigenvalue weighted by Gasteiger charge is -2.09. The molecular weight excluding hydrogens is 182 g/mol. The van der Waals surface area contributed by atoms with E-state index in [1.807, 2.05) is 24.3 Å². The predicted molar refractivity (Wildman–Crippen MR) is 57.5 cm³/mol. The summed E-state index contributed by atoms with van der Waals surface area (Å²) in [6, 6.07) is 8.12. The maximum atomic E-state index is 11.1. The van der Waals surface area contributed by atoms with Crippen LogP contribution in [0, 0.1) is 0 Å². The van der Waals surface area contributed by atoms with Gasteiger partial charge in [0.05, 0.1) is 0 Å². The van der Waals surface area contributed by atoms with Crippen LogP contribution in [-0.4, -0.2) is 16.5 Å². The van der Waals surface area contributed by atoms with Gasteiger partial charge in [0.15, 0.2) is 0 Å². The Balaban J connectivity index is 2.75. The van der Waals surface area contributed by atoms with Crippen molar-refractivity contribution >= 4 is 16.5 Å². The largest absolute Gasteiger partial charge is 0.383 e. The average Bonchev–Trinajstić information content (AvgIpc) is 2.04. The summed E-state index contributed by atoms with van der Waals surface area (Å²) >= 11 is 0. The number of hydrogen-bond acceptors (Lipinski definition) is 2. The molecular formula is C10H15NOS. The fraction of sp³-hybridized carbons (Fsp3) is 0.400. The Bertz CT molecular complexity index is 292. The zero-order valence-corrected chi connectivity index (χ0v) is 9.02. The Hall–Kier alpha value is -0.830. The molecule has 0 radical (unpaired) electrons. The van der Waals surface area contributed by atoms with Crippen LogP contribution in [0.4, 0.5) is 5.69 Å². The highest BCUT2D eigenvalue weighted by atomic mass is 32.2. The molecule has 72 valence electrons. The lowest BCUT2D eigenvalue weighted by Crippen LogP contribution is -2.09. The van der Waals surface area contributed by atoms with Crippen LogP contribution in [0.5, 0.6) is 0 Å². The zero-order valence-electron chi connectivity index (χ0n) is 8.20. The Morgan fingerprint density at radius 3 is 2.15 bits per heavy atom. The van der Waals surface area contributed by atoms with Gasteiger partial charge in [0.25, 0.3) is 0 Å². The van der Waals surface area contributed by atoms with Crippen molar-refractivity contribution in [3.63, 3.8) is 0 Å². The summed E-state index contributed by atoms with van der Waals surface area (Å²) in [4.78, 5) is 0.870. The molecule has 0 saturated carbocycles. The topological polar surface area (TPSA) is 29.1 Å². The van der Waals surface area contributed by atoms with Gasteiger partial charge in [-0.25, -0.2) is 0 Å². The fourth-order valence-corrected chi connectivity index (χ4v) is 1.60. The van der Waals surface area contributed by atoms with E-state index in [0.717, 1.165) is 10.6 Å². The molecule has 1 atom stereocenters. The highest BCUT2D eigenvalue weighted by molar-refractivity contribution is 7.84. The summed E-state index contributed by atoms with van der Waals surface area (Å²) in [6.45, 7) is 4.18. The van der Waals surface area contributed by atoms with Crippen molar-refractivity contribution in [2.45, 2.75) is 24.8 Å². The molecule has 1 aromatic rings. The van der Waals surface area contributed by atoms with Gasteiger partial charge in [-0.15, -0.1) is 0 Å². The van der Waals surface area contributed by atoms with Gasteiger partial charge in [-0.2, -0.15) is 0 Å². The van der Waals surface area contributed by atoms with Gasteiger partial charge in [-0.3, -0.25) is 4.21 Å². The molecule has 0 spiro atoms.